The number of hydrogen-bond donors (Lipinski definition) is 0. The third kappa shape index (κ3) is 5.29. The number of ether oxygens (including phenoxy) is 1. The van der Waals surface area contributed by atoms with E-state index in [0.29, 0.717) is 5.56 Å². The van der Waals surface area contributed by atoms with Crippen LogP contribution in [0.25, 0.3) is 6.08 Å². The molecule has 5 heteroatoms. The standard InChI is InChI=1S/C20H20BrNO3/c1-14-9-10-15(17(21)13-14)11-12-18(23)25-19(20(24)22(2)3)16-7-5-4-6-8-16/h4-13,19H,1-3H3/b12-11+/t19-/m1/s1. The van der Waals surface area contributed by atoms with Gasteiger partial charge in [-0.05, 0) is 30.2 Å². The van der Waals surface area contributed by atoms with Crippen LogP contribution in [0.2, 0.25) is 0 Å². The summed E-state index contributed by atoms with van der Waals surface area (Å²) in [6.45, 7) is 1.99. The zero-order valence-electron chi connectivity index (χ0n) is 14.4. The predicted molar refractivity (Wildman–Crippen MR) is 102 cm³/mol. The Bertz CT molecular complexity index is 785. The van der Waals surface area contributed by atoms with Crippen LogP contribution in [-0.2, 0) is 14.3 Å². The van der Waals surface area contributed by atoms with Gasteiger partial charge in [-0.1, -0.05) is 58.4 Å². The van der Waals surface area contributed by atoms with E-state index in [2.05, 4.69) is 15.9 Å². The average molecular weight is 402 g/mol. The van der Waals surface area contributed by atoms with Crippen LogP contribution in [0, 0.1) is 6.92 Å². The molecule has 0 aliphatic rings. The van der Waals surface area contributed by atoms with Gasteiger partial charge < -0.3 is 9.64 Å². The summed E-state index contributed by atoms with van der Waals surface area (Å²) >= 11 is 3.46. The second kappa shape index (κ2) is 8.62. The molecule has 0 heterocycles. The third-order valence-electron chi connectivity index (χ3n) is 3.56. The van der Waals surface area contributed by atoms with Crippen molar-refractivity contribution in [3.8, 4) is 0 Å². The number of benzene rings is 2. The molecule has 0 fully saturated rings. The van der Waals surface area contributed by atoms with Gasteiger partial charge in [-0.25, -0.2) is 4.79 Å². The first kappa shape index (κ1) is 18.9. The van der Waals surface area contributed by atoms with Crippen molar-refractivity contribution in [1.29, 1.82) is 0 Å². The summed E-state index contributed by atoms with van der Waals surface area (Å²) in [5.74, 6) is -0.860. The van der Waals surface area contributed by atoms with Crippen molar-refractivity contribution in [1.82, 2.24) is 4.90 Å². The highest BCUT2D eigenvalue weighted by Crippen LogP contribution is 2.22. The van der Waals surface area contributed by atoms with Crippen molar-refractivity contribution in [2.45, 2.75) is 13.0 Å². The number of rotatable bonds is 5. The van der Waals surface area contributed by atoms with E-state index in [1.165, 1.54) is 11.0 Å². The highest BCUT2D eigenvalue weighted by molar-refractivity contribution is 9.10. The van der Waals surface area contributed by atoms with E-state index in [1.54, 1.807) is 44.4 Å². The van der Waals surface area contributed by atoms with Crippen LogP contribution in [0.4, 0.5) is 0 Å². The van der Waals surface area contributed by atoms with Gasteiger partial charge in [-0.2, -0.15) is 0 Å². The molecule has 0 bridgehead atoms. The van der Waals surface area contributed by atoms with Crippen LogP contribution >= 0.6 is 15.9 Å². The molecule has 0 saturated heterocycles. The molecule has 0 aliphatic carbocycles. The molecule has 2 aromatic rings. The minimum atomic E-state index is -0.963. The third-order valence-corrected chi connectivity index (χ3v) is 4.24. The minimum Gasteiger partial charge on any atom is -0.444 e. The average Bonchev–Trinajstić information content (AvgIpc) is 2.59. The summed E-state index contributed by atoms with van der Waals surface area (Å²) in [5.41, 5.74) is 2.62. The highest BCUT2D eigenvalue weighted by atomic mass is 79.9. The van der Waals surface area contributed by atoms with Crippen molar-refractivity contribution in [3.63, 3.8) is 0 Å². The van der Waals surface area contributed by atoms with Crippen molar-refractivity contribution < 1.29 is 14.3 Å². The lowest BCUT2D eigenvalue weighted by Gasteiger charge is -2.20. The van der Waals surface area contributed by atoms with Crippen LogP contribution in [0.5, 0.6) is 0 Å². The van der Waals surface area contributed by atoms with Gasteiger partial charge in [0, 0.05) is 30.2 Å². The maximum Gasteiger partial charge on any atom is 0.331 e. The first-order valence-electron chi connectivity index (χ1n) is 7.79. The Morgan fingerprint density at radius 1 is 1.12 bits per heavy atom. The molecule has 1 atom stereocenters. The minimum absolute atomic E-state index is 0.288. The highest BCUT2D eigenvalue weighted by Gasteiger charge is 2.25. The number of likely N-dealkylation sites (N-methyl/N-ethyl adjacent to an activating group) is 1. The van der Waals surface area contributed by atoms with Gasteiger partial charge in [-0.3, -0.25) is 4.79 Å². The maximum atomic E-state index is 12.4. The van der Waals surface area contributed by atoms with E-state index in [0.717, 1.165) is 15.6 Å². The second-order valence-corrected chi connectivity index (χ2v) is 6.67. The van der Waals surface area contributed by atoms with Crippen LogP contribution in [0.15, 0.2) is 59.1 Å². The number of aryl methyl sites for hydroxylation is 1. The Morgan fingerprint density at radius 3 is 2.40 bits per heavy atom. The van der Waals surface area contributed by atoms with Crippen LogP contribution in [-0.4, -0.2) is 30.9 Å². The molecule has 25 heavy (non-hydrogen) atoms. The Kier molecular flexibility index (Phi) is 6.53. The van der Waals surface area contributed by atoms with Crippen molar-refractivity contribution >= 4 is 33.9 Å². The summed E-state index contributed by atoms with van der Waals surface area (Å²) in [6.07, 6.45) is 2.03. The largest absolute Gasteiger partial charge is 0.444 e. The number of esters is 1. The summed E-state index contributed by atoms with van der Waals surface area (Å²) in [4.78, 5) is 26.0. The van der Waals surface area contributed by atoms with E-state index in [1.807, 2.05) is 31.2 Å². The summed E-state index contributed by atoms with van der Waals surface area (Å²) in [7, 11) is 3.26. The molecule has 0 radical (unpaired) electrons. The first-order chi connectivity index (χ1) is 11.9. The normalized spacial score (nSPS) is 12.0. The smallest absolute Gasteiger partial charge is 0.331 e. The van der Waals surface area contributed by atoms with Gasteiger partial charge in [-0.15, -0.1) is 0 Å². The van der Waals surface area contributed by atoms with Gasteiger partial charge in [0.1, 0.15) is 0 Å². The van der Waals surface area contributed by atoms with E-state index in [4.69, 9.17) is 4.74 Å². The molecule has 0 unspecified atom stereocenters. The van der Waals surface area contributed by atoms with Crippen molar-refractivity contribution in [3.05, 3.63) is 75.8 Å². The quantitative estimate of drug-likeness (QED) is 0.558. The molecular weight excluding hydrogens is 382 g/mol. The lowest BCUT2D eigenvalue weighted by molar-refractivity contribution is -0.155. The molecule has 2 aromatic carbocycles. The predicted octanol–water partition coefficient (Wildman–Crippen LogP) is 4.14. The number of carbonyl (C=O) groups is 2. The molecule has 0 aliphatic heterocycles. The lowest BCUT2D eigenvalue weighted by atomic mass is 10.1. The zero-order chi connectivity index (χ0) is 18.4. The Labute approximate surface area is 156 Å². The molecule has 0 N–H and O–H groups in total. The SMILES string of the molecule is Cc1ccc(/C=C/C(=O)O[C@@H](C(=O)N(C)C)c2ccccc2)c(Br)c1. The van der Waals surface area contributed by atoms with E-state index in [9.17, 15) is 9.59 Å². The molecular formula is C20H20BrNO3. The fraction of sp³-hybridized carbons (Fsp3) is 0.200. The molecule has 0 aromatic heterocycles. The lowest BCUT2D eigenvalue weighted by Crippen LogP contribution is -2.30. The Hall–Kier alpha value is -2.40. The van der Waals surface area contributed by atoms with Gasteiger partial charge in [0.2, 0.25) is 6.10 Å². The maximum absolute atomic E-state index is 12.4. The molecule has 0 saturated carbocycles. The number of carbonyl (C=O) groups excluding carboxylic acids is 2. The fourth-order valence-corrected chi connectivity index (χ4v) is 2.83. The van der Waals surface area contributed by atoms with Crippen LogP contribution < -0.4 is 0 Å². The van der Waals surface area contributed by atoms with Gasteiger partial charge in [0.15, 0.2) is 0 Å². The number of hydrogen-bond acceptors (Lipinski definition) is 3. The van der Waals surface area contributed by atoms with E-state index >= 15 is 0 Å². The molecule has 0 spiro atoms. The zero-order valence-corrected chi connectivity index (χ0v) is 16.0. The molecule has 1 amide bonds. The van der Waals surface area contributed by atoms with Gasteiger partial charge in [0.05, 0.1) is 0 Å². The van der Waals surface area contributed by atoms with Crippen LogP contribution in [0.1, 0.15) is 22.8 Å². The summed E-state index contributed by atoms with van der Waals surface area (Å²) in [6, 6.07) is 14.8. The van der Waals surface area contributed by atoms with E-state index in [-0.39, 0.29) is 5.91 Å². The topological polar surface area (TPSA) is 46.6 Å². The van der Waals surface area contributed by atoms with Crippen molar-refractivity contribution in [2.24, 2.45) is 0 Å². The summed E-state index contributed by atoms with van der Waals surface area (Å²) < 4.78 is 6.30. The number of amides is 1. The van der Waals surface area contributed by atoms with E-state index < -0.39 is 12.1 Å². The van der Waals surface area contributed by atoms with Gasteiger partial charge in [0.25, 0.3) is 5.91 Å². The summed E-state index contributed by atoms with van der Waals surface area (Å²) in [5, 5.41) is 0. The first-order valence-corrected chi connectivity index (χ1v) is 8.58. The van der Waals surface area contributed by atoms with Crippen LogP contribution in [0.3, 0.4) is 0 Å². The monoisotopic (exact) mass is 401 g/mol. The molecule has 4 nitrogen and oxygen atoms in total. The Balaban J connectivity index is 2.16. The molecule has 130 valence electrons. The number of halogens is 1. The molecule has 2 rings (SSSR count). The Morgan fingerprint density at radius 2 is 1.80 bits per heavy atom. The van der Waals surface area contributed by atoms with Gasteiger partial charge >= 0.3 is 5.97 Å². The fourth-order valence-electron chi connectivity index (χ4n) is 2.20. The number of nitrogens with zero attached hydrogens (tertiary/aromatic N) is 1. The second-order valence-electron chi connectivity index (χ2n) is 5.82. The van der Waals surface area contributed by atoms with Crippen molar-refractivity contribution in [2.75, 3.05) is 14.1 Å².